The lowest BCUT2D eigenvalue weighted by Crippen LogP contribution is -2.16. The molecular formula is C17H14FN5O3. The summed E-state index contributed by atoms with van der Waals surface area (Å²) in [5.74, 6) is -1.35. The first-order valence-electron chi connectivity index (χ1n) is 7.56. The molecule has 9 heteroatoms. The summed E-state index contributed by atoms with van der Waals surface area (Å²) in [6.45, 7) is 1.72. The second-order valence-electron chi connectivity index (χ2n) is 5.75. The number of nitro groups is 1. The third-order valence-electron chi connectivity index (χ3n) is 3.93. The van der Waals surface area contributed by atoms with Crippen LogP contribution in [0.2, 0.25) is 0 Å². The predicted octanol–water partition coefficient (Wildman–Crippen LogP) is 2.26. The van der Waals surface area contributed by atoms with Gasteiger partial charge in [0, 0.05) is 17.7 Å². The van der Waals surface area contributed by atoms with Crippen molar-refractivity contribution in [1.82, 2.24) is 9.97 Å². The number of hydrogen-bond acceptors (Lipinski definition) is 6. The number of nitrogens with two attached hydrogens (primary N) is 2. The molecule has 0 fully saturated rings. The van der Waals surface area contributed by atoms with E-state index in [1.54, 1.807) is 13.0 Å². The Morgan fingerprint density at radius 1 is 1.23 bits per heavy atom. The Labute approximate surface area is 146 Å². The van der Waals surface area contributed by atoms with E-state index in [-0.39, 0.29) is 40.2 Å². The maximum Gasteiger partial charge on any atom is 0.270 e. The van der Waals surface area contributed by atoms with Gasteiger partial charge in [0.1, 0.15) is 17.5 Å². The normalized spacial score (nSPS) is 10.8. The van der Waals surface area contributed by atoms with Gasteiger partial charge in [0.05, 0.1) is 22.2 Å². The summed E-state index contributed by atoms with van der Waals surface area (Å²) < 4.78 is 15.1. The van der Waals surface area contributed by atoms with E-state index in [0.29, 0.717) is 11.1 Å². The summed E-state index contributed by atoms with van der Waals surface area (Å²) in [5, 5.41) is 11.0. The maximum atomic E-state index is 15.1. The molecule has 3 rings (SSSR count). The van der Waals surface area contributed by atoms with Gasteiger partial charge in [-0.1, -0.05) is 6.07 Å². The van der Waals surface area contributed by atoms with Crippen LogP contribution in [0.25, 0.3) is 22.0 Å². The topological polar surface area (TPSA) is 138 Å². The number of fused-ring (bicyclic) bond motifs is 1. The highest BCUT2D eigenvalue weighted by Gasteiger charge is 2.18. The number of nitro benzene ring substituents is 1. The van der Waals surface area contributed by atoms with Crippen LogP contribution in [0.5, 0.6) is 0 Å². The summed E-state index contributed by atoms with van der Waals surface area (Å²) in [6.07, 6.45) is -0.215. The van der Waals surface area contributed by atoms with Crippen molar-refractivity contribution in [2.24, 2.45) is 5.73 Å². The second kappa shape index (κ2) is 6.36. The van der Waals surface area contributed by atoms with Gasteiger partial charge in [0.15, 0.2) is 0 Å². The van der Waals surface area contributed by atoms with Crippen LogP contribution >= 0.6 is 0 Å². The lowest BCUT2D eigenvalue weighted by molar-refractivity contribution is -0.384. The number of nitrogen functional groups attached to an aromatic ring is 1. The second-order valence-corrected chi connectivity index (χ2v) is 5.75. The highest BCUT2D eigenvalue weighted by molar-refractivity contribution is 5.93. The minimum absolute atomic E-state index is 0.0124. The largest absolute Gasteiger partial charge is 0.383 e. The molecule has 3 aromatic rings. The number of anilines is 1. The monoisotopic (exact) mass is 355 g/mol. The molecule has 0 radical (unpaired) electrons. The number of halogens is 1. The number of aryl methyl sites for hydroxylation is 1. The average molecular weight is 355 g/mol. The Hall–Kier alpha value is -3.62. The van der Waals surface area contributed by atoms with E-state index in [2.05, 4.69) is 9.97 Å². The average Bonchev–Trinajstić information content (AvgIpc) is 2.54. The summed E-state index contributed by atoms with van der Waals surface area (Å²) >= 11 is 0. The van der Waals surface area contributed by atoms with Crippen molar-refractivity contribution < 1.29 is 14.1 Å². The number of nitrogens with zero attached hydrogens (tertiary/aromatic N) is 3. The molecule has 0 aliphatic carbocycles. The number of amides is 1. The fourth-order valence-electron chi connectivity index (χ4n) is 2.72. The Morgan fingerprint density at radius 2 is 1.96 bits per heavy atom. The van der Waals surface area contributed by atoms with E-state index in [0.717, 1.165) is 0 Å². The number of benzene rings is 2. The van der Waals surface area contributed by atoms with Gasteiger partial charge in [0.2, 0.25) is 5.91 Å². The van der Waals surface area contributed by atoms with E-state index in [1.807, 2.05) is 0 Å². The molecule has 0 saturated carbocycles. The maximum absolute atomic E-state index is 15.1. The van der Waals surface area contributed by atoms with Crippen molar-refractivity contribution in [3.8, 4) is 11.1 Å². The summed E-state index contributed by atoms with van der Waals surface area (Å²) in [5.41, 5.74) is 12.2. The standard InChI is InChI=1S/C17H14FN5O3/c1-8-2-3-9(23(25)26)6-11(8)10-4-5-12-15(16(10)18)17(20)22-14(21-12)7-13(19)24/h2-6H,7H2,1H3,(H2,19,24)(H2,20,21,22). The molecule has 0 saturated heterocycles. The fraction of sp³-hybridized carbons (Fsp3) is 0.118. The molecule has 0 aliphatic rings. The van der Waals surface area contributed by atoms with Crippen molar-refractivity contribution >= 4 is 28.3 Å². The van der Waals surface area contributed by atoms with Crippen LogP contribution in [0.3, 0.4) is 0 Å². The minimum atomic E-state index is -0.686. The summed E-state index contributed by atoms with van der Waals surface area (Å²) in [4.78, 5) is 29.5. The molecule has 0 spiro atoms. The molecule has 0 bridgehead atoms. The molecule has 0 aliphatic heterocycles. The number of primary amides is 1. The van der Waals surface area contributed by atoms with E-state index >= 15 is 4.39 Å². The van der Waals surface area contributed by atoms with Gasteiger partial charge in [-0.25, -0.2) is 14.4 Å². The Balaban J connectivity index is 2.22. The van der Waals surface area contributed by atoms with Crippen molar-refractivity contribution in [2.45, 2.75) is 13.3 Å². The highest BCUT2D eigenvalue weighted by Crippen LogP contribution is 2.34. The van der Waals surface area contributed by atoms with Crippen molar-refractivity contribution in [3.63, 3.8) is 0 Å². The van der Waals surface area contributed by atoms with Crippen LogP contribution in [0.15, 0.2) is 30.3 Å². The predicted molar refractivity (Wildman–Crippen MR) is 93.6 cm³/mol. The van der Waals surface area contributed by atoms with Crippen LogP contribution in [-0.2, 0) is 11.2 Å². The van der Waals surface area contributed by atoms with Gasteiger partial charge in [-0.05, 0) is 30.2 Å². The smallest absolute Gasteiger partial charge is 0.270 e. The number of rotatable bonds is 4. The number of aromatic nitrogens is 2. The summed E-state index contributed by atoms with van der Waals surface area (Å²) in [7, 11) is 0. The van der Waals surface area contributed by atoms with Crippen LogP contribution in [0, 0.1) is 22.9 Å². The third kappa shape index (κ3) is 3.02. The van der Waals surface area contributed by atoms with Crippen LogP contribution in [0.1, 0.15) is 11.4 Å². The molecule has 8 nitrogen and oxygen atoms in total. The Bertz CT molecular complexity index is 1070. The van der Waals surface area contributed by atoms with E-state index in [1.165, 1.54) is 24.3 Å². The highest BCUT2D eigenvalue weighted by atomic mass is 19.1. The van der Waals surface area contributed by atoms with Gasteiger partial charge >= 0.3 is 0 Å². The number of carbonyl (C=O) groups is 1. The van der Waals surface area contributed by atoms with Gasteiger partial charge < -0.3 is 11.5 Å². The molecule has 4 N–H and O–H groups in total. The Kier molecular flexibility index (Phi) is 4.21. The number of hydrogen-bond donors (Lipinski definition) is 2. The molecule has 1 amide bonds. The van der Waals surface area contributed by atoms with Crippen molar-refractivity contribution in [3.05, 3.63) is 57.7 Å². The molecule has 0 atom stereocenters. The zero-order valence-electron chi connectivity index (χ0n) is 13.7. The number of carbonyl (C=O) groups excluding carboxylic acids is 1. The van der Waals surface area contributed by atoms with Gasteiger partial charge in [-0.15, -0.1) is 0 Å². The van der Waals surface area contributed by atoms with Crippen LogP contribution in [0.4, 0.5) is 15.9 Å². The van der Waals surface area contributed by atoms with Crippen LogP contribution < -0.4 is 11.5 Å². The van der Waals surface area contributed by atoms with E-state index in [9.17, 15) is 14.9 Å². The van der Waals surface area contributed by atoms with Crippen molar-refractivity contribution in [1.29, 1.82) is 0 Å². The quantitative estimate of drug-likeness (QED) is 0.544. The van der Waals surface area contributed by atoms with Gasteiger partial charge in [-0.2, -0.15) is 0 Å². The minimum Gasteiger partial charge on any atom is -0.383 e. The van der Waals surface area contributed by atoms with Gasteiger partial charge in [0.25, 0.3) is 5.69 Å². The molecule has 26 heavy (non-hydrogen) atoms. The zero-order chi connectivity index (χ0) is 19.0. The van der Waals surface area contributed by atoms with Gasteiger partial charge in [-0.3, -0.25) is 14.9 Å². The Morgan fingerprint density at radius 3 is 2.62 bits per heavy atom. The zero-order valence-corrected chi connectivity index (χ0v) is 13.7. The molecule has 1 heterocycles. The van der Waals surface area contributed by atoms with E-state index < -0.39 is 16.6 Å². The molecular weight excluding hydrogens is 341 g/mol. The lowest BCUT2D eigenvalue weighted by Gasteiger charge is -2.11. The molecule has 2 aromatic carbocycles. The fourth-order valence-corrected chi connectivity index (χ4v) is 2.72. The first kappa shape index (κ1) is 17.2. The van der Waals surface area contributed by atoms with E-state index in [4.69, 9.17) is 11.5 Å². The van der Waals surface area contributed by atoms with Crippen LogP contribution in [-0.4, -0.2) is 20.8 Å². The first-order valence-corrected chi connectivity index (χ1v) is 7.56. The molecule has 1 aromatic heterocycles. The number of non-ortho nitro benzene ring substituents is 1. The molecule has 0 unspecified atom stereocenters. The first-order chi connectivity index (χ1) is 12.3. The summed E-state index contributed by atoms with van der Waals surface area (Å²) in [6, 6.07) is 7.19. The SMILES string of the molecule is Cc1ccc([N+](=O)[O-])cc1-c1ccc2nc(CC(N)=O)nc(N)c2c1F. The third-order valence-corrected chi connectivity index (χ3v) is 3.93. The lowest BCUT2D eigenvalue weighted by atomic mass is 9.97. The van der Waals surface area contributed by atoms with Crippen molar-refractivity contribution in [2.75, 3.05) is 5.73 Å². The molecule has 132 valence electrons.